The standard InChI is InChI=1S/C8H9N5/c9-6-5-3-10-7(4-1-2-4)11-8(5)13-12-6/h3-4H,1-2H2,(H3,9,10,11,12,13). The number of aromatic amines is 1. The SMILES string of the molecule is Nc1[nH]nc2nc(C3CC3)ncc12. The van der Waals surface area contributed by atoms with Crippen molar-refractivity contribution >= 4 is 16.9 Å². The van der Waals surface area contributed by atoms with Gasteiger partial charge in [0.05, 0.1) is 5.39 Å². The number of hydrogen-bond donors (Lipinski definition) is 2. The minimum Gasteiger partial charge on any atom is -0.383 e. The van der Waals surface area contributed by atoms with Crippen molar-refractivity contribution in [1.29, 1.82) is 0 Å². The Bertz CT molecular complexity index is 457. The highest BCUT2D eigenvalue weighted by Crippen LogP contribution is 2.38. The first-order chi connectivity index (χ1) is 6.34. The summed E-state index contributed by atoms with van der Waals surface area (Å²) in [6.45, 7) is 0. The number of hydrogen-bond acceptors (Lipinski definition) is 4. The second-order valence-electron chi connectivity index (χ2n) is 3.38. The van der Waals surface area contributed by atoms with Crippen LogP contribution in [0.25, 0.3) is 11.0 Å². The third-order valence-corrected chi connectivity index (χ3v) is 2.30. The summed E-state index contributed by atoms with van der Waals surface area (Å²) in [5.74, 6) is 2.00. The van der Waals surface area contributed by atoms with E-state index in [2.05, 4.69) is 20.2 Å². The van der Waals surface area contributed by atoms with Crippen LogP contribution in [0.4, 0.5) is 5.82 Å². The number of aromatic nitrogens is 4. The number of nitrogens with two attached hydrogens (primary N) is 1. The molecule has 2 aromatic rings. The molecule has 2 heterocycles. The molecule has 1 aliphatic carbocycles. The molecule has 0 bridgehead atoms. The zero-order chi connectivity index (χ0) is 8.84. The fourth-order valence-electron chi connectivity index (χ4n) is 1.37. The smallest absolute Gasteiger partial charge is 0.186 e. The van der Waals surface area contributed by atoms with E-state index < -0.39 is 0 Å². The minimum atomic E-state index is 0.539. The Hall–Kier alpha value is -1.65. The normalized spacial score (nSPS) is 16.6. The first kappa shape index (κ1) is 6.82. The lowest BCUT2D eigenvalue weighted by Gasteiger charge is -1.94. The highest BCUT2D eigenvalue weighted by Gasteiger charge is 2.26. The molecule has 3 N–H and O–H groups in total. The number of anilines is 1. The lowest BCUT2D eigenvalue weighted by Crippen LogP contribution is -1.92. The van der Waals surface area contributed by atoms with E-state index in [1.807, 2.05) is 0 Å². The molecule has 0 amide bonds. The van der Waals surface area contributed by atoms with Crippen LogP contribution in [-0.2, 0) is 0 Å². The van der Waals surface area contributed by atoms with Crippen LogP contribution in [0, 0.1) is 0 Å². The van der Waals surface area contributed by atoms with E-state index in [1.54, 1.807) is 6.20 Å². The van der Waals surface area contributed by atoms with Gasteiger partial charge in [-0.25, -0.2) is 9.97 Å². The Labute approximate surface area is 74.4 Å². The Balaban J connectivity index is 2.21. The number of nitrogens with zero attached hydrogens (tertiary/aromatic N) is 3. The van der Waals surface area contributed by atoms with E-state index in [9.17, 15) is 0 Å². The van der Waals surface area contributed by atoms with E-state index in [-0.39, 0.29) is 0 Å². The van der Waals surface area contributed by atoms with Gasteiger partial charge in [-0.3, -0.25) is 5.10 Å². The molecule has 13 heavy (non-hydrogen) atoms. The first-order valence-electron chi connectivity index (χ1n) is 4.31. The van der Waals surface area contributed by atoms with E-state index in [4.69, 9.17) is 5.73 Å². The molecule has 1 fully saturated rings. The van der Waals surface area contributed by atoms with Crippen molar-refractivity contribution in [3.63, 3.8) is 0 Å². The summed E-state index contributed by atoms with van der Waals surface area (Å²) in [4.78, 5) is 8.58. The third-order valence-electron chi connectivity index (χ3n) is 2.30. The number of H-pyrrole nitrogens is 1. The number of nitrogens with one attached hydrogen (secondary N) is 1. The zero-order valence-corrected chi connectivity index (χ0v) is 6.99. The Morgan fingerprint density at radius 1 is 1.46 bits per heavy atom. The Morgan fingerprint density at radius 3 is 3.08 bits per heavy atom. The lowest BCUT2D eigenvalue weighted by molar-refractivity contribution is 0.938. The van der Waals surface area contributed by atoms with Gasteiger partial charge in [0.2, 0.25) is 0 Å². The Morgan fingerprint density at radius 2 is 2.31 bits per heavy atom. The fraction of sp³-hybridized carbons (Fsp3) is 0.375. The van der Waals surface area contributed by atoms with Gasteiger partial charge in [0.15, 0.2) is 5.65 Å². The summed E-state index contributed by atoms with van der Waals surface area (Å²) >= 11 is 0. The predicted molar refractivity (Wildman–Crippen MR) is 48.1 cm³/mol. The van der Waals surface area contributed by atoms with Gasteiger partial charge in [-0.1, -0.05) is 0 Å². The molecule has 5 nitrogen and oxygen atoms in total. The second kappa shape index (κ2) is 2.18. The molecule has 5 heteroatoms. The molecule has 1 saturated carbocycles. The van der Waals surface area contributed by atoms with Crippen LogP contribution in [0.2, 0.25) is 0 Å². The van der Waals surface area contributed by atoms with Crippen LogP contribution >= 0.6 is 0 Å². The van der Waals surface area contributed by atoms with Crippen LogP contribution in [-0.4, -0.2) is 20.2 Å². The highest BCUT2D eigenvalue weighted by molar-refractivity contribution is 5.84. The van der Waals surface area contributed by atoms with Gasteiger partial charge in [0.1, 0.15) is 11.6 Å². The molecule has 0 spiro atoms. The minimum absolute atomic E-state index is 0.539. The van der Waals surface area contributed by atoms with Crippen molar-refractivity contribution in [2.45, 2.75) is 18.8 Å². The Kier molecular flexibility index (Phi) is 1.15. The van der Waals surface area contributed by atoms with Gasteiger partial charge < -0.3 is 5.73 Å². The maximum Gasteiger partial charge on any atom is 0.186 e. The molecular weight excluding hydrogens is 166 g/mol. The topological polar surface area (TPSA) is 80.5 Å². The third kappa shape index (κ3) is 0.965. The number of rotatable bonds is 1. The van der Waals surface area contributed by atoms with Gasteiger partial charge in [-0.2, -0.15) is 5.10 Å². The van der Waals surface area contributed by atoms with Crippen molar-refractivity contribution in [2.24, 2.45) is 0 Å². The largest absolute Gasteiger partial charge is 0.383 e. The van der Waals surface area contributed by atoms with E-state index in [1.165, 1.54) is 12.8 Å². The lowest BCUT2D eigenvalue weighted by atomic mass is 10.3. The van der Waals surface area contributed by atoms with Crippen LogP contribution in [0.3, 0.4) is 0 Å². The summed E-state index contributed by atoms with van der Waals surface area (Å²) in [5, 5.41) is 7.49. The molecule has 3 rings (SSSR count). The quantitative estimate of drug-likeness (QED) is 0.672. The first-order valence-corrected chi connectivity index (χ1v) is 4.31. The molecule has 66 valence electrons. The molecule has 0 radical (unpaired) electrons. The van der Waals surface area contributed by atoms with Gasteiger partial charge in [0.25, 0.3) is 0 Å². The van der Waals surface area contributed by atoms with Crippen molar-refractivity contribution in [2.75, 3.05) is 5.73 Å². The van der Waals surface area contributed by atoms with Gasteiger partial charge in [0, 0.05) is 12.1 Å². The summed E-state index contributed by atoms with van der Waals surface area (Å²) in [5.41, 5.74) is 6.30. The van der Waals surface area contributed by atoms with Crippen LogP contribution in [0.15, 0.2) is 6.20 Å². The maximum absolute atomic E-state index is 5.62. The molecule has 0 saturated heterocycles. The summed E-state index contributed by atoms with van der Waals surface area (Å²) in [6.07, 6.45) is 4.14. The molecule has 1 aliphatic rings. The highest BCUT2D eigenvalue weighted by atomic mass is 15.2. The summed E-state index contributed by atoms with van der Waals surface area (Å²) < 4.78 is 0. The number of nitrogen functional groups attached to an aromatic ring is 1. The van der Waals surface area contributed by atoms with Crippen LogP contribution in [0.5, 0.6) is 0 Å². The van der Waals surface area contributed by atoms with Crippen LogP contribution < -0.4 is 5.73 Å². The van der Waals surface area contributed by atoms with E-state index in [0.717, 1.165) is 11.2 Å². The second-order valence-corrected chi connectivity index (χ2v) is 3.38. The summed E-state index contributed by atoms with van der Waals surface area (Å²) in [7, 11) is 0. The monoisotopic (exact) mass is 175 g/mol. The van der Waals surface area contributed by atoms with Crippen molar-refractivity contribution < 1.29 is 0 Å². The molecule has 0 unspecified atom stereocenters. The average molecular weight is 175 g/mol. The van der Waals surface area contributed by atoms with Crippen molar-refractivity contribution in [3.05, 3.63) is 12.0 Å². The number of fused-ring (bicyclic) bond motifs is 1. The van der Waals surface area contributed by atoms with Gasteiger partial charge in [-0.15, -0.1) is 0 Å². The van der Waals surface area contributed by atoms with Crippen LogP contribution in [0.1, 0.15) is 24.6 Å². The fourth-order valence-corrected chi connectivity index (χ4v) is 1.37. The van der Waals surface area contributed by atoms with Gasteiger partial charge in [-0.05, 0) is 12.8 Å². The maximum atomic E-state index is 5.62. The predicted octanol–water partition coefficient (Wildman–Crippen LogP) is 0.812. The van der Waals surface area contributed by atoms with E-state index >= 15 is 0 Å². The average Bonchev–Trinajstić information content (AvgIpc) is 2.93. The molecular formula is C8H9N5. The van der Waals surface area contributed by atoms with Crippen molar-refractivity contribution in [3.8, 4) is 0 Å². The van der Waals surface area contributed by atoms with E-state index in [0.29, 0.717) is 17.4 Å². The molecule has 0 atom stereocenters. The molecule has 0 aliphatic heterocycles. The summed E-state index contributed by atoms with van der Waals surface area (Å²) in [6, 6.07) is 0. The molecule has 2 aromatic heterocycles. The van der Waals surface area contributed by atoms with Crippen molar-refractivity contribution in [1.82, 2.24) is 20.2 Å². The zero-order valence-electron chi connectivity index (χ0n) is 6.99. The van der Waals surface area contributed by atoms with Gasteiger partial charge >= 0.3 is 0 Å². The molecule has 0 aromatic carbocycles.